The van der Waals surface area contributed by atoms with E-state index in [0.29, 0.717) is 0 Å². The van der Waals surface area contributed by atoms with Gasteiger partial charge >= 0.3 is 11.9 Å². The van der Waals surface area contributed by atoms with Crippen molar-refractivity contribution in [3.63, 3.8) is 0 Å². The predicted molar refractivity (Wildman–Crippen MR) is 81.0 cm³/mol. The number of hydrogen-bond donors (Lipinski definition) is 2. The molecule has 0 fully saturated rings. The number of aliphatic carboxylic acids is 1. The van der Waals surface area contributed by atoms with Gasteiger partial charge in [-0.25, -0.2) is 9.78 Å². The van der Waals surface area contributed by atoms with Crippen LogP contribution >= 0.6 is 11.3 Å². The van der Waals surface area contributed by atoms with E-state index >= 15 is 0 Å². The van der Waals surface area contributed by atoms with Crippen molar-refractivity contribution in [2.45, 2.75) is 40.2 Å². The molecule has 0 unspecified atom stereocenters. The number of carbonyl (C=O) groups excluding carboxylic acids is 2. The zero-order valence-corrected chi connectivity index (χ0v) is 14.0. The van der Waals surface area contributed by atoms with Crippen molar-refractivity contribution >= 4 is 29.2 Å². The SMILES string of the molecule is CC(C)(C)OC(=O)c1csc(C(=O)NCC(C)(C)C(=O)O)n1. The molecule has 0 saturated carbocycles. The Kier molecular flexibility index (Phi) is 5.29. The summed E-state index contributed by atoms with van der Waals surface area (Å²) in [6.45, 7) is 8.17. The zero-order valence-electron chi connectivity index (χ0n) is 13.2. The van der Waals surface area contributed by atoms with Gasteiger partial charge in [0, 0.05) is 11.9 Å². The van der Waals surface area contributed by atoms with Crippen LogP contribution in [0.25, 0.3) is 0 Å². The maximum atomic E-state index is 11.9. The molecule has 22 heavy (non-hydrogen) atoms. The van der Waals surface area contributed by atoms with Gasteiger partial charge in [-0.2, -0.15) is 0 Å². The number of carboxylic acids is 1. The molecule has 1 rings (SSSR count). The van der Waals surface area contributed by atoms with Crippen LogP contribution in [0.5, 0.6) is 0 Å². The van der Waals surface area contributed by atoms with Crippen LogP contribution in [0.2, 0.25) is 0 Å². The van der Waals surface area contributed by atoms with Crippen molar-refractivity contribution in [3.05, 3.63) is 16.1 Å². The van der Waals surface area contributed by atoms with Crippen molar-refractivity contribution < 1.29 is 24.2 Å². The van der Waals surface area contributed by atoms with Gasteiger partial charge in [-0.15, -0.1) is 11.3 Å². The Morgan fingerprint density at radius 2 is 1.86 bits per heavy atom. The topological polar surface area (TPSA) is 106 Å². The van der Waals surface area contributed by atoms with Crippen molar-refractivity contribution in [1.82, 2.24) is 10.3 Å². The smallest absolute Gasteiger partial charge is 0.358 e. The molecule has 7 nitrogen and oxygen atoms in total. The Morgan fingerprint density at radius 3 is 2.36 bits per heavy atom. The van der Waals surface area contributed by atoms with Crippen LogP contribution in [0.15, 0.2) is 5.38 Å². The molecule has 1 amide bonds. The van der Waals surface area contributed by atoms with Crippen molar-refractivity contribution in [2.24, 2.45) is 5.41 Å². The average Bonchev–Trinajstić information content (AvgIpc) is 2.83. The molecule has 0 aromatic carbocycles. The van der Waals surface area contributed by atoms with Crippen LogP contribution in [-0.4, -0.2) is 40.1 Å². The Labute approximate surface area is 132 Å². The minimum absolute atomic E-state index is 0.0392. The summed E-state index contributed by atoms with van der Waals surface area (Å²) in [6.07, 6.45) is 0. The third kappa shape index (κ3) is 5.10. The van der Waals surface area contributed by atoms with Crippen LogP contribution in [0, 0.1) is 5.41 Å². The fraction of sp³-hybridized carbons (Fsp3) is 0.571. The van der Waals surface area contributed by atoms with E-state index in [0.717, 1.165) is 11.3 Å². The van der Waals surface area contributed by atoms with Gasteiger partial charge < -0.3 is 15.2 Å². The Morgan fingerprint density at radius 1 is 1.27 bits per heavy atom. The maximum Gasteiger partial charge on any atom is 0.358 e. The lowest BCUT2D eigenvalue weighted by Gasteiger charge is -2.19. The summed E-state index contributed by atoms with van der Waals surface area (Å²) in [5.74, 6) is -2.14. The highest BCUT2D eigenvalue weighted by molar-refractivity contribution is 7.11. The number of thiazole rings is 1. The van der Waals surface area contributed by atoms with E-state index in [-0.39, 0.29) is 17.2 Å². The second kappa shape index (κ2) is 6.43. The van der Waals surface area contributed by atoms with Crippen LogP contribution in [0.1, 0.15) is 54.9 Å². The van der Waals surface area contributed by atoms with Gasteiger partial charge in [0.25, 0.3) is 5.91 Å². The van der Waals surface area contributed by atoms with Crippen LogP contribution in [0.4, 0.5) is 0 Å². The van der Waals surface area contributed by atoms with E-state index in [4.69, 9.17) is 9.84 Å². The molecular weight excluding hydrogens is 308 g/mol. The van der Waals surface area contributed by atoms with Gasteiger partial charge in [-0.1, -0.05) is 0 Å². The number of nitrogens with one attached hydrogen (secondary N) is 1. The first kappa shape index (κ1) is 18.1. The molecule has 0 spiro atoms. The Bertz CT molecular complexity index is 586. The van der Waals surface area contributed by atoms with Gasteiger partial charge in [0.15, 0.2) is 10.7 Å². The fourth-order valence-electron chi connectivity index (χ4n) is 1.25. The lowest BCUT2D eigenvalue weighted by Crippen LogP contribution is -2.38. The molecule has 1 aromatic heterocycles. The van der Waals surface area contributed by atoms with Crippen LogP contribution in [0.3, 0.4) is 0 Å². The molecule has 0 atom stereocenters. The second-order valence-corrected chi connectivity index (χ2v) is 7.27. The summed E-state index contributed by atoms with van der Waals surface area (Å²) in [5.41, 5.74) is -1.67. The Hall–Kier alpha value is -1.96. The molecular formula is C14H20N2O5S. The minimum atomic E-state index is -1.08. The number of esters is 1. The highest BCUT2D eigenvalue weighted by Gasteiger charge is 2.28. The van der Waals surface area contributed by atoms with Crippen molar-refractivity contribution in [1.29, 1.82) is 0 Å². The van der Waals surface area contributed by atoms with E-state index in [1.54, 1.807) is 20.8 Å². The Balaban J connectivity index is 2.70. The highest BCUT2D eigenvalue weighted by atomic mass is 32.1. The molecule has 0 aliphatic rings. The summed E-state index contributed by atoms with van der Waals surface area (Å²) < 4.78 is 5.16. The summed E-state index contributed by atoms with van der Waals surface area (Å²) in [7, 11) is 0. The third-order valence-electron chi connectivity index (χ3n) is 2.58. The quantitative estimate of drug-likeness (QED) is 0.800. The van der Waals surface area contributed by atoms with E-state index in [9.17, 15) is 14.4 Å². The normalized spacial score (nSPS) is 11.9. The van der Waals surface area contributed by atoms with Gasteiger partial charge in [-0.3, -0.25) is 9.59 Å². The number of rotatable bonds is 5. The third-order valence-corrected chi connectivity index (χ3v) is 3.42. The van der Waals surface area contributed by atoms with Gasteiger partial charge in [0.1, 0.15) is 5.60 Å². The standard InChI is InChI=1S/C14H20N2O5S/c1-13(2,3)21-11(18)8-6-22-10(16-8)9(17)15-7-14(4,5)12(19)20/h6H,7H2,1-5H3,(H,15,17)(H,19,20). The summed E-state index contributed by atoms with van der Waals surface area (Å²) in [4.78, 5) is 38.6. The van der Waals surface area contributed by atoms with Crippen LogP contribution in [-0.2, 0) is 9.53 Å². The summed E-state index contributed by atoms with van der Waals surface area (Å²) in [6, 6.07) is 0. The highest BCUT2D eigenvalue weighted by Crippen LogP contribution is 2.16. The molecule has 0 radical (unpaired) electrons. The maximum absolute atomic E-state index is 11.9. The summed E-state index contributed by atoms with van der Waals surface area (Å²) in [5, 5.41) is 13.0. The lowest BCUT2D eigenvalue weighted by atomic mass is 9.94. The molecule has 2 N–H and O–H groups in total. The predicted octanol–water partition coefficient (Wildman–Crippen LogP) is 1.94. The molecule has 122 valence electrons. The van der Waals surface area contributed by atoms with Gasteiger partial charge in [-0.05, 0) is 34.6 Å². The first-order chi connectivity index (χ1) is 9.92. The van der Waals surface area contributed by atoms with Crippen LogP contribution < -0.4 is 5.32 Å². The second-order valence-electron chi connectivity index (χ2n) is 6.41. The number of amides is 1. The molecule has 1 aromatic rings. The number of carbonyl (C=O) groups is 3. The summed E-state index contributed by atoms with van der Waals surface area (Å²) >= 11 is 1.000. The molecule has 0 bridgehead atoms. The monoisotopic (exact) mass is 328 g/mol. The number of nitrogens with zero attached hydrogens (tertiary/aromatic N) is 1. The largest absolute Gasteiger partial charge is 0.481 e. The van der Waals surface area contributed by atoms with E-state index in [2.05, 4.69) is 10.3 Å². The number of aromatic nitrogens is 1. The molecule has 0 aliphatic heterocycles. The lowest BCUT2D eigenvalue weighted by molar-refractivity contribution is -0.146. The fourth-order valence-corrected chi connectivity index (χ4v) is 1.96. The molecule has 0 saturated heterocycles. The number of hydrogen-bond acceptors (Lipinski definition) is 6. The van der Waals surface area contributed by atoms with Crippen molar-refractivity contribution in [3.8, 4) is 0 Å². The average molecular weight is 328 g/mol. The van der Waals surface area contributed by atoms with Gasteiger partial charge in [0.05, 0.1) is 5.41 Å². The van der Waals surface area contributed by atoms with Crippen molar-refractivity contribution in [2.75, 3.05) is 6.54 Å². The van der Waals surface area contributed by atoms with E-state index in [1.807, 2.05) is 0 Å². The van der Waals surface area contributed by atoms with E-state index in [1.165, 1.54) is 19.2 Å². The molecule has 0 aliphatic carbocycles. The van der Waals surface area contributed by atoms with Gasteiger partial charge in [0.2, 0.25) is 0 Å². The molecule has 8 heteroatoms. The van der Waals surface area contributed by atoms with E-state index < -0.39 is 28.9 Å². The number of ether oxygens (including phenoxy) is 1. The first-order valence-corrected chi connectivity index (χ1v) is 7.51. The number of carboxylic acid groups (broad SMARTS) is 1. The molecule has 1 heterocycles. The minimum Gasteiger partial charge on any atom is -0.481 e. The first-order valence-electron chi connectivity index (χ1n) is 6.63. The zero-order chi connectivity index (χ0) is 17.1.